The van der Waals surface area contributed by atoms with Crippen LogP contribution in [0.25, 0.3) is 32.4 Å². The van der Waals surface area contributed by atoms with E-state index in [0.29, 0.717) is 39.0 Å². The highest BCUT2D eigenvalue weighted by Gasteiger charge is 2.29. The zero-order chi connectivity index (χ0) is 26.3. The van der Waals surface area contributed by atoms with Crippen molar-refractivity contribution >= 4 is 31.7 Å². The van der Waals surface area contributed by atoms with Gasteiger partial charge in [0.15, 0.2) is 5.52 Å². The van der Waals surface area contributed by atoms with Crippen molar-refractivity contribution in [1.29, 1.82) is 0 Å². The number of hydrogen-bond donors (Lipinski definition) is 2. The number of methoxy groups -OCH3 is 2. The van der Waals surface area contributed by atoms with Crippen LogP contribution in [0.4, 0.5) is 0 Å². The van der Waals surface area contributed by atoms with Crippen LogP contribution in [-0.2, 0) is 16.7 Å². The van der Waals surface area contributed by atoms with Gasteiger partial charge in [-0.25, -0.2) is 0 Å². The van der Waals surface area contributed by atoms with E-state index in [-0.39, 0.29) is 22.9 Å². The van der Waals surface area contributed by atoms with E-state index in [0.717, 1.165) is 4.70 Å². The summed E-state index contributed by atoms with van der Waals surface area (Å²) >= 11 is 1.32. The summed E-state index contributed by atoms with van der Waals surface area (Å²) in [4.78, 5) is 7.19. The molecule has 0 spiro atoms. The smallest absolute Gasteiger partial charge is 0.365 e. The van der Waals surface area contributed by atoms with Crippen molar-refractivity contribution in [1.82, 2.24) is 20.0 Å². The minimum atomic E-state index is -4.57. The van der Waals surface area contributed by atoms with Crippen LogP contribution >= 0.6 is 11.3 Å². The molecule has 0 amide bonds. The van der Waals surface area contributed by atoms with Gasteiger partial charge in [-0.15, -0.1) is 0 Å². The lowest BCUT2D eigenvalue weighted by Crippen LogP contribution is -2.43. The quantitative estimate of drug-likeness (QED) is 0.235. The van der Waals surface area contributed by atoms with Gasteiger partial charge in [-0.2, -0.15) is 8.42 Å². The number of benzene rings is 3. The summed E-state index contributed by atoms with van der Waals surface area (Å²) in [5.74, 6) is 1.24. The third kappa shape index (κ3) is 4.64. The number of nitrogens with zero attached hydrogens (tertiary/aromatic N) is 5. The first-order valence-corrected chi connectivity index (χ1v) is 13.2. The lowest BCUT2D eigenvalue weighted by atomic mass is 10.1. The van der Waals surface area contributed by atoms with E-state index < -0.39 is 10.1 Å². The molecular weight excluding hydrogens is 518 g/mol. The highest BCUT2D eigenvalue weighted by atomic mass is 32.2. The topological polar surface area (TPSA) is 141 Å². The van der Waals surface area contributed by atoms with Crippen LogP contribution in [0.3, 0.4) is 0 Å². The molecule has 190 valence electrons. The van der Waals surface area contributed by atoms with Gasteiger partial charge in [0, 0.05) is 16.7 Å². The number of aliphatic hydroxyl groups excluding tert-OH is 1. The maximum Gasteiger partial charge on any atom is 0.365 e. The number of aryl methyl sites for hydroxylation is 1. The van der Waals surface area contributed by atoms with Gasteiger partial charge in [0.2, 0.25) is 0 Å². The second kappa shape index (κ2) is 9.52. The Balaban J connectivity index is 1.78. The summed E-state index contributed by atoms with van der Waals surface area (Å²) in [6, 6.07) is 15.1. The van der Waals surface area contributed by atoms with Crippen LogP contribution < -0.4 is 14.3 Å². The maximum atomic E-state index is 12.2. The number of hydrogen-bond acceptors (Lipinski definition) is 9. The van der Waals surface area contributed by atoms with Gasteiger partial charge in [-0.05, 0) is 69.6 Å². The number of ether oxygens (including phenoxy) is 2. The van der Waals surface area contributed by atoms with Crippen LogP contribution in [0.15, 0.2) is 59.5 Å². The van der Waals surface area contributed by atoms with Gasteiger partial charge in [0.25, 0.3) is 15.9 Å². The lowest BCUT2D eigenvalue weighted by molar-refractivity contribution is -0.734. The van der Waals surface area contributed by atoms with E-state index in [1.807, 2.05) is 12.1 Å². The maximum absolute atomic E-state index is 12.2. The first-order valence-electron chi connectivity index (χ1n) is 10.9. The molecule has 0 unspecified atom stereocenters. The van der Waals surface area contributed by atoms with E-state index in [1.54, 1.807) is 44.4 Å². The fourth-order valence-electron chi connectivity index (χ4n) is 3.82. The molecule has 2 aromatic heterocycles. The van der Waals surface area contributed by atoms with Crippen molar-refractivity contribution in [2.24, 2.45) is 0 Å². The summed E-state index contributed by atoms with van der Waals surface area (Å²) in [6.07, 6.45) is 0. The molecule has 0 aliphatic rings. The Hall–Kier alpha value is -3.91. The number of rotatable bonds is 7. The number of thiazole rings is 1. The molecule has 0 fully saturated rings. The predicted molar refractivity (Wildman–Crippen MR) is 135 cm³/mol. The van der Waals surface area contributed by atoms with E-state index in [2.05, 4.69) is 15.2 Å². The SMILES string of the molecule is COc1ccc(-n2nc(-c3ccc(C)cc3S(=O)(=O)O)n[n+]2-c2nc3ccc(OC)cc3s2)c(CO)c1. The van der Waals surface area contributed by atoms with Crippen molar-refractivity contribution in [3.05, 3.63) is 65.7 Å². The number of fused-ring (bicyclic) bond motifs is 1. The second-order valence-corrected chi connectivity index (χ2v) is 10.5. The molecule has 3 aromatic carbocycles. The van der Waals surface area contributed by atoms with Crippen molar-refractivity contribution in [2.45, 2.75) is 18.4 Å². The van der Waals surface area contributed by atoms with Crippen LogP contribution in [0.5, 0.6) is 11.5 Å². The molecule has 2 heterocycles. The van der Waals surface area contributed by atoms with Gasteiger partial charge in [-0.3, -0.25) is 4.55 Å². The molecule has 0 aliphatic carbocycles. The minimum Gasteiger partial charge on any atom is -0.497 e. The Kier molecular flexibility index (Phi) is 6.37. The molecule has 11 nitrogen and oxygen atoms in total. The Labute approximate surface area is 215 Å². The molecule has 0 atom stereocenters. The average Bonchev–Trinajstić information content (AvgIpc) is 3.51. The molecule has 13 heteroatoms. The summed E-state index contributed by atoms with van der Waals surface area (Å²) in [7, 11) is -1.47. The standard InChI is InChI=1S/C24H21N5O6S2/c1-14-4-7-18(22(10-14)37(31,32)33)23-26-28(20-9-6-16(34-2)11-15(20)13-30)29(27-23)24-25-19-8-5-17(35-3)12-21(19)36-24/h4-12,30H,13H2,1-3H3/p+1. The van der Waals surface area contributed by atoms with Gasteiger partial charge in [0.1, 0.15) is 22.1 Å². The molecular formula is C24H22N5O6S2+. The summed E-state index contributed by atoms with van der Waals surface area (Å²) < 4.78 is 45.7. The Morgan fingerprint density at radius 1 is 1.03 bits per heavy atom. The summed E-state index contributed by atoms with van der Waals surface area (Å²) in [6.45, 7) is 1.39. The van der Waals surface area contributed by atoms with Crippen LogP contribution in [0.1, 0.15) is 11.1 Å². The molecule has 0 saturated heterocycles. The van der Waals surface area contributed by atoms with Crippen molar-refractivity contribution < 1.29 is 32.3 Å². The zero-order valence-corrected chi connectivity index (χ0v) is 21.6. The molecule has 0 saturated carbocycles. The number of aliphatic hydroxyl groups is 1. The summed E-state index contributed by atoms with van der Waals surface area (Å²) in [5, 5.41) is 19.7. The summed E-state index contributed by atoms with van der Waals surface area (Å²) in [5.41, 5.74) is 2.42. The largest absolute Gasteiger partial charge is 0.497 e. The first kappa shape index (κ1) is 24.8. The van der Waals surface area contributed by atoms with Crippen LogP contribution in [-0.4, -0.2) is 52.3 Å². The second-order valence-electron chi connectivity index (χ2n) is 8.06. The molecule has 0 aliphatic heterocycles. The molecule has 37 heavy (non-hydrogen) atoms. The molecule has 2 N–H and O–H groups in total. The monoisotopic (exact) mass is 540 g/mol. The Bertz CT molecular complexity index is 1750. The van der Waals surface area contributed by atoms with Gasteiger partial charge >= 0.3 is 5.13 Å². The van der Waals surface area contributed by atoms with Crippen LogP contribution in [0.2, 0.25) is 0 Å². The zero-order valence-electron chi connectivity index (χ0n) is 20.0. The molecule has 5 aromatic rings. The average molecular weight is 541 g/mol. The van der Waals surface area contributed by atoms with E-state index in [9.17, 15) is 18.1 Å². The van der Waals surface area contributed by atoms with Gasteiger partial charge < -0.3 is 14.6 Å². The number of aromatic nitrogens is 5. The third-order valence-corrected chi connectivity index (χ3v) is 7.52. The lowest BCUT2D eigenvalue weighted by Gasteiger charge is -2.07. The fraction of sp³-hybridized carbons (Fsp3) is 0.167. The van der Waals surface area contributed by atoms with Crippen molar-refractivity contribution in [3.8, 4) is 33.7 Å². The Morgan fingerprint density at radius 2 is 1.76 bits per heavy atom. The van der Waals surface area contributed by atoms with E-state index >= 15 is 0 Å². The van der Waals surface area contributed by atoms with E-state index in [4.69, 9.17) is 9.47 Å². The Morgan fingerprint density at radius 3 is 2.46 bits per heavy atom. The first-order chi connectivity index (χ1) is 17.7. The predicted octanol–water partition coefficient (Wildman–Crippen LogP) is 2.89. The molecule has 5 rings (SSSR count). The highest BCUT2D eigenvalue weighted by Crippen LogP contribution is 2.29. The van der Waals surface area contributed by atoms with E-state index in [1.165, 1.54) is 40.2 Å². The normalized spacial score (nSPS) is 11.7. The van der Waals surface area contributed by atoms with Crippen molar-refractivity contribution in [2.75, 3.05) is 14.2 Å². The fourth-order valence-corrected chi connectivity index (χ4v) is 5.52. The van der Waals surface area contributed by atoms with Crippen molar-refractivity contribution in [3.63, 3.8) is 0 Å². The minimum absolute atomic E-state index is 0.0316. The third-order valence-electron chi connectivity index (χ3n) is 5.64. The van der Waals surface area contributed by atoms with Crippen LogP contribution in [0, 0.1) is 6.92 Å². The molecule has 0 radical (unpaired) electrons. The van der Waals surface area contributed by atoms with Gasteiger partial charge in [0.05, 0.1) is 31.1 Å². The highest BCUT2D eigenvalue weighted by molar-refractivity contribution is 7.86. The molecule has 0 bridgehead atoms. The number of tetrazole rings is 1. The van der Waals surface area contributed by atoms with Gasteiger partial charge in [-0.1, -0.05) is 22.4 Å².